The fourth-order valence-electron chi connectivity index (χ4n) is 5.55. The van der Waals surface area contributed by atoms with E-state index < -0.39 is 71.5 Å². The smallest absolute Gasteiger partial charge is 0.401 e. The summed E-state index contributed by atoms with van der Waals surface area (Å²) in [6.45, 7) is -0.783. The molecule has 4 aromatic carbocycles. The van der Waals surface area contributed by atoms with Gasteiger partial charge in [-0.1, -0.05) is 0 Å². The van der Waals surface area contributed by atoms with Gasteiger partial charge in [0.2, 0.25) is 23.2 Å². The van der Waals surface area contributed by atoms with E-state index in [1.54, 1.807) is 12.1 Å². The van der Waals surface area contributed by atoms with Gasteiger partial charge in [0.25, 0.3) is 0 Å². The number of fused-ring (bicyclic) bond motifs is 2. The molecule has 1 fully saturated rings. The highest BCUT2D eigenvalue weighted by molar-refractivity contribution is 5.89. The first-order valence-corrected chi connectivity index (χ1v) is 15.5. The quantitative estimate of drug-likeness (QED) is 0.0762. The number of ether oxygens (including phenoxy) is 2. The Balaban J connectivity index is 0.000000228. The molecule has 0 amide bonds. The van der Waals surface area contributed by atoms with Crippen molar-refractivity contribution in [1.29, 1.82) is 0 Å². The van der Waals surface area contributed by atoms with E-state index in [9.17, 15) is 61.0 Å². The molecule has 0 radical (unpaired) electrons. The minimum atomic E-state index is -1.75. The van der Waals surface area contributed by atoms with Crippen molar-refractivity contribution in [3.8, 4) is 74.4 Å². The number of benzene rings is 4. The van der Waals surface area contributed by atoms with Crippen molar-refractivity contribution in [2.45, 2.75) is 30.7 Å². The monoisotopic (exact) mass is 770 g/mol. The molecule has 0 saturated carbocycles. The molecule has 5 atom stereocenters. The number of hydrogen-bond acceptors (Lipinski definition) is 16. The Morgan fingerprint density at radius 2 is 1.35 bits per heavy atom. The number of rotatable bonds is 6. The number of phenols is 7. The molecule has 1 aliphatic rings. The van der Waals surface area contributed by atoms with Crippen molar-refractivity contribution in [3.63, 3.8) is 0 Å². The normalized spacial score (nSPS) is 18.4. The lowest BCUT2D eigenvalue weighted by Crippen LogP contribution is -3.00. The predicted octanol–water partition coefficient (Wildman–Crippen LogP) is -0.332. The summed E-state index contributed by atoms with van der Waals surface area (Å²) in [5.74, 6) is -3.18. The Hall–Kier alpha value is -6.21. The molecule has 0 unspecified atom stereocenters. The summed E-state index contributed by atoms with van der Waals surface area (Å²) in [4.78, 5) is 13.2. The molecular formula is C36H31ClO17. The standard InChI is InChI=1S/C21H20O12.C15H10O5.ClH/c22-6-12(27)19-16(29)17(30)21(32-19)33-20-15(28)14-11(26)4-8(23)5-13(14)31-18(20)7-1-2-9(24)10(25)3-7;16-9-3-1-8(2-4-9)15-13(19)7-11-12(18)5-10(17)6-14(11)20-15;/h1-5,12,16-17,19,21-27,29-30H,6H2;1-7H,(H3-,16,17,18,19);1H/t12-,16-,17-,19-,21+;;/m1../s1. The summed E-state index contributed by atoms with van der Waals surface area (Å²) in [6, 6.07) is 15.4. The summed E-state index contributed by atoms with van der Waals surface area (Å²) < 4.78 is 22.0. The Labute approximate surface area is 308 Å². The maximum absolute atomic E-state index is 13.2. The van der Waals surface area contributed by atoms with Crippen molar-refractivity contribution >= 4 is 21.9 Å². The summed E-state index contributed by atoms with van der Waals surface area (Å²) in [5, 5.41) is 117. The Kier molecular flexibility index (Phi) is 11.1. The Bertz CT molecular complexity index is 2380. The average Bonchev–Trinajstić information content (AvgIpc) is 3.39. The molecule has 0 bridgehead atoms. The summed E-state index contributed by atoms with van der Waals surface area (Å²) in [6.07, 6.45) is -8.11. The highest BCUT2D eigenvalue weighted by Gasteiger charge is 2.48. The van der Waals surface area contributed by atoms with Crippen LogP contribution in [0.3, 0.4) is 0 Å². The van der Waals surface area contributed by atoms with Gasteiger partial charge >= 0.3 is 11.3 Å². The van der Waals surface area contributed by atoms with Gasteiger partial charge in [0.15, 0.2) is 17.3 Å². The molecule has 1 saturated heterocycles. The van der Waals surface area contributed by atoms with Crippen LogP contribution in [0.4, 0.5) is 0 Å². The third-order valence-corrected chi connectivity index (χ3v) is 8.17. The van der Waals surface area contributed by atoms with E-state index >= 15 is 0 Å². The molecule has 6 aromatic rings. The third-order valence-electron chi connectivity index (χ3n) is 8.17. The SMILES string of the molecule is O=c1c(O[C@@H]2O[C@H]([C@H](O)CO)[C@H](O)[C@H]2O)c(-c2ccc(O)c(O)c2)oc2cc(O)cc(O)c12.Oc1ccc(-c2[o+]c3cc(O)cc(O)c3cc2O)cc1.[Cl-]. The first kappa shape index (κ1) is 39.0. The zero-order valence-corrected chi connectivity index (χ0v) is 28.1. The van der Waals surface area contributed by atoms with Gasteiger partial charge in [0.1, 0.15) is 69.5 Å². The van der Waals surface area contributed by atoms with Crippen LogP contribution in [0.1, 0.15) is 0 Å². The Morgan fingerprint density at radius 3 is 2.02 bits per heavy atom. The number of aliphatic hydroxyl groups excluding tert-OH is 4. The third kappa shape index (κ3) is 7.48. The second-order valence-electron chi connectivity index (χ2n) is 11.8. The molecule has 1 aliphatic heterocycles. The lowest BCUT2D eigenvalue weighted by atomic mass is 10.1. The van der Waals surface area contributed by atoms with Gasteiger partial charge < -0.3 is 87.6 Å². The molecule has 0 spiro atoms. The minimum Gasteiger partial charge on any atom is -1.00 e. The lowest BCUT2D eigenvalue weighted by molar-refractivity contribution is -0.137. The fraction of sp³-hybridized carbons (Fsp3) is 0.167. The van der Waals surface area contributed by atoms with E-state index in [1.807, 2.05) is 0 Å². The number of phenolic OH excluding ortho intramolecular Hbond substituents is 7. The molecule has 7 rings (SSSR count). The van der Waals surface area contributed by atoms with Crippen LogP contribution >= 0.6 is 0 Å². The van der Waals surface area contributed by atoms with Crippen LogP contribution in [0, 0.1) is 0 Å². The summed E-state index contributed by atoms with van der Waals surface area (Å²) in [7, 11) is 0. The van der Waals surface area contributed by atoms with Crippen LogP contribution in [0.2, 0.25) is 0 Å². The van der Waals surface area contributed by atoms with E-state index in [0.29, 0.717) is 10.9 Å². The predicted molar refractivity (Wildman–Crippen MR) is 182 cm³/mol. The highest BCUT2D eigenvalue weighted by Crippen LogP contribution is 2.41. The van der Waals surface area contributed by atoms with E-state index in [2.05, 4.69) is 0 Å². The number of halogens is 1. The van der Waals surface area contributed by atoms with Gasteiger partial charge in [0, 0.05) is 29.8 Å². The minimum absolute atomic E-state index is 0. The number of hydrogen-bond donors (Lipinski definition) is 12. The molecule has 3 heterocycles. The fourth-order valence-corrected chi connectivity index (χ4v) is 5.55. The molecule has 54 heavy (non-hydrogen) atoms. The van der Waals surface area contributed by atoms with Crippen LogP contribution in [-0.2, 0) is 4.74 Å². The summed E-state index contributed by atoms with van der Waals surface area (Å²) in [5.41, 5.74) is -0.364. The summed E-state index contributed by atoms with van der Waals surface area (Å²) >= 11 is 0. The van der Waals surface area contributed by atoms with Crippen molar-refractivity contribution in [1.82, 2.24) is 0 Å². The molecule has 284 valence electrons. The van der Waals surface area contributed by atoms with Crippen molar-refractivity contribution in [2.75, 3.05) is 6.61 Å². The lowest BCUT2D eigenvalue weighted by Gasteiger charge is -2.19. The molecule has 17 nitrogen and oxygen atoms in total. The van der Waals surface area contributed by atoms with Crippen molar-refractivity contribution in [2.24, 2.45) is 0 Å². The van der Waals surface area contributed by atoms with Crippen LogP contribution in [0.5, 0.6) is 51.7 Å². The van der Waals surface area contributed by atoms with E-state index in [1.165, 1.54) is 30.3 Å². The molecular weight excluding hydrogens is 740 g/mol. The number of aliphatic hydroxyl groups is 4. The van der Waals surface area contributed by atoms with Crippen LogP contribution < -0.4 is 22.6 Å². The first-order valence-electron chi connectivity index (χ1n) is 15.5. The maximum atomic E-state index is 13.2. The second-order valence-corrected chi connectivity index (χ2v) is 11.8. The van der Waals surface area contributed by atoms with Crippen LogP contribution in [0.15, 0.2) is 86.4 Å². The first-order chi connectivity index (χ1) is 25.2. The Morgan fingerprint density at radius 1 is 0.704 bits per heavy atom. The largest absolute Gasteiger partial charge is 1.00 e. The van der Waals surface area contributed by atoms with Gasteiger partial charge in [-0.3, -0.25) is 4.79 Å². The van der Waals surface area contributed by atoms with Gasteiger partial charge in [-0.25, -0.2) is 4.42 Å². The van der Waals surface area contributed by atoms with E-state index in [4.69, 9.17) is 23.4 Å². The van der Waals surface area contributed by atoms with Crippen LogP contribution in [-0.4, -0.2) is 98.6 Å². The molecule has 0 aliphatic carbocycles. The van der Waals surface area contributed by atoms with Crippen molar-refractivity contribution in [3.05, 3.63) is 83.0 Å². The van der Waals surface area contributed by atoms with Crippen LogP contribution in [0.25, 0.3) is 44.6 Å². The number of aromatic hydroxyl groups is 8. The van der Waals surface area contributed by atoms with E-state index in [-0.39, 0.29) is 69.0 Å². The average molecular weight is 771 g/mol. The zero-order valence-electron chi connectivity index (χ0n) is 27.3. The molecule has 18 heteroatoms. The highest BCUT2D eigenvalue weighted by atomic mass is 35.5. The van der Waals surface area contributed by atoms with Gasteiger partial charge in [0.05, 0.1) is 18.2 Å². The topological polar surface area (TPSA) is 303 Å². The van der Waals surface area contributed by atoms with Crippen molar-refractivity contribution < 1.29 is 92.0 Å². The van der Waals surface area contributed by atoms with Gasteiger partial charge in [-0.05, 0) is 42.5 Å². The van der Waals surface area contributed by atoms with E-state index in [0.717, 1.165) is 30.3 Å². The molecule has 2 aromatic heterocycles. The van der Waals surface area contributed by atoms with Gasteiger partial charge in [-0.2, -0.15) is 0 Å². The zero-order chi connectivity index (χ0) is 38.3. The van der Waals surface area contributed by atoms with Gasteiger partial charge in [-0.15, -0.1) is 0 Å². The second kappa shape index (κ2) is 15.4. The maximum Gasteiger partial charge on any atom is 0.401 e. The molecule has 12 N–H and O–H groups in total.